The van der Waals surface area contributed by atoms with Crippen LogP contribution in [0.15, 0.2) is 42.7 Å². The van der Waals surface area contributed by atoms with Gasteiger partial charge in [0.25, 0.3) is 5.91 Å². The Balaban J connectivity index is 1.51. The lowest BCUT2D eigenvalue weighted by Gasteiger charge is -2.15. The van der Waals surface area contributed by atoms with Crippen molar-refractivity contribution in [3.8, 4) is 17.0 Å². The number of H-pyrrole nitrogens is 1. The summed E-state index contributed by atoms with van der Waals surface area (Å²) in [6, 6.07) is 9.53. The van der Waals surface area contributed by atoms with E-state index in [9.17, 15) is 4.79 Å². The highest BCUT2D eigenvalue weighted by atomic mass is 16.5. The van der Waals surface area contributed by atoms with Gasteiger partial charge in [-0.25, -0.2) is 4.68 Å². The van der Waals surface area contributed by atoms with Crippen LogP contribution in [0.4, 0.5) is 0 Å². The highest BCUT2D eigenvalue weighted by molar-refractivity contribution is 5.93. The summed E-state index contributed by atoms with van der Waals surface area (Å²) in [5.74, 6) is 0.664. The molecule has 0 unspecified atom stereocenters. The third kappa shape index (κ3) is 2.86. The summed E-state index contributed by atoms with van der Waals surface area (Å²) in [4.78, 5) is 14.6. The molecule has 1 amide bonds. The van der Waals surface area contributed by atoms with Gasteiger partial charge in [-0.15, -0.1) is 5.10 Å². The molecule has 8 heteroatoms. The summed E-state index contributed by atoms with van der Waals surface area (Å²) in [6.45, 7) is 1.30. The SMILES string of the molecule is COc1ccccc1-c1cc(C(=O)N2CC[C@@H](n3ccnn3)C2)[nH]n1. The summed E-state index contributed by atoms with van der Waals surface area (Å²) in [6.07, 6.45) is 4.34. The van der Waals surface area contributed by atoms with E-state index in [1.165, 1.54) is 0 Å². The zero-order chi connectivity index (χ0) is 17.2. The molecule has 1 fully saturated rings. The van der Waals surface area contributed by atoms with Crippen LogP contribution in [0, 0.1) is 0 Å². The molecule has 1 saturated heterocycles. The van der Waals surface area contributed by atoms with Gasteiger partial charge >= 0.3 is 0 Å². The van der Waals surface area contributed by atoms with Gasteiger partial charge in [0, 0.05) is 24.8 Å². The van der Waals surface area contributed by atoms with Gasteiger partial charge in [0.1, 0.15) is 11.4 Å². The minimum atomic E-state index is -0.0590. The van der Waals surface area contributed by atoms with E-state index < -0.39 is 0 Å². The van der Waals surface area contributed by atoms with Crippen LogP contribution in [0.1, 0.15) is 23.0 Å². The van der Waals surface area contributed by atoms with Crippen LogP contribution >= 0.6 is 0 Å². The molecule has 4 rings (SSSR count). The zero-order valence-electron chi connectivity index (χ0n) is 13.8. The Kier molecular flexibility index (Phi) is 3.93. The van der Waals surface area contributed by atoms with Crippen LogP contribution < -0.4 is 4.74 Å². The van der Waals surface area contributed by atoms with Crippen molar-refractivity contribution in [2.75, 3.05) is 20.2 Å². The molecule has 128 valence electrons. The number of rotatable bonds is 4. The molecule has 0 spiro atoms. The molecule has 0 saturated carbocycles. The maximum atomic E-state index is 12.7. The Labute approximate surface area is 144 Å². The topological polar surface area (TPSA) is 88.9 Å². The molecule has 25 heavy (non-hydrogen) atoms. The summed E-state index contributed by atoms with van der Waals surface area (Å²) in [5, 5.41) is 15.0. The van der Waals surface area contributed by atoms with Crippen LogP contribution in [0.25, 0.3) is 11.3 Å². The fourth-order valence-electron chi connectivity index (χ4n) is 3.15. The van der Waals surface area contributed by atoms with E-state index in [2.05, 4.69) is 20.5 Å². The van der Waals surface area contributed by atoms with Crippen LogP contribution in [0.3, 0.4) is 0 Å². The predicted octanol–water partition coefficient (Wildman–Crippen LogP) is 1.76. The Morgan fingerprint density at radius 1 is 1.36 bits per heavy atom. The number of aromatic amines is 1. The van der Waals surface area contributed by atoms with E-state index >= 15 is 0 Å². The van der Waals surface area contributed by atoms with Gasteiger partial charge in [0.2, 0.25) is 0 Å². The van der Waals surface area contributed by atoms with Gasteiger partial charge < -0.3 is 9.64 Å². The lowest BCUT2D eigenvalue weighted by molar-refractivity contribution is 0.0781. The molecule has 1 aliphatic rings. The van der Waals surface area contributed by atoms with Gasteiger partial charge in [-0.2, -0.15) is 5.10 Å². The van der Waals surface area contributed by atoms with Crippen LogP contribution in [-0.4, -0.2) is 56.2 Å². The molecule has 1 aromatic carbocycles. The van der Waals surface area contributed by atoms with Gasteiger partial charge in [-0.05, 0) is 24.6 Å². The number of carbonyl (C=O) groups is 1. The number of nitrogens with zero attached hydrogens (tertiary/aromatic N) is 5. The number of ether oxygens (including phenoxy) is 1. The van der Waals surface area contributed by atoms with Crippen molar-refractivity contribution >= 4 is 5.91 Å². The van der Waals surface area contributed by atoms with Crippen molar-refractivity contribution < 1.29 is 9.53 Å². The Hall–Kier alpha value is -3.16. The molecule has 0 aliphatic carbocycles. The smallest absolute Gasteiger partial charge is 0.271 e. The maximum Gasteiger partial charge on any atom is 0.271 e. The number of carbonyl (C=O) groups excluding carboxylic acids is 1. The zero-order valence-corrected chi connectivity index (χ0v) is 13.8. The summed E-state index contributed by atoms with van der Waals surface area (Å²) < 4.78 is 7.17. The standard InChI is InChI=1S/C17H18N6O2/c1-25-16-5-3-2-4-13(16)14-10-15(20-19-14)17(24)22-8-6-12(11-22)23-9-7-18-21-23/h2-5,7,9-10,12H,6,8,11H2,1H3,(H,19,20)/t12-/m1/s1. The van der Waals surface area contributed by atoms with Crippen molar-refractivity contribution in [1.29, 1.82) is 0 Å². The molecule has 0 radical (unpaired) electrons. The van der Waals surface area contributed by atoms with Crippen molar-refractivity contribution in [3.63, 3.8) is 0 Å². The van der Waals surface area contributed by atoms with Gasteiger partial charge in [-0.1, -0.05) is 17.3 Å². The molecule has 8 nitrogen and oxygen atoms in total. The molecule has 1 N–H and O–H groups in total. The number of aromatic nitrogens is 5. The normalized spacial score (nSPS) is 17.0. The van der Waals surface area contributed by atoms with E-state index in [1.54, 1.807) is 24.1 Å². The molecular formula is C17H18N6O2. The largest absolute Gasteiger partial charge is 0.496 e. The van der Waals surface area contributed by atoms with Crippen LogP contribution in [-0.2, 0) is 0 Å². The number of para-hydroxylation sites is 1. The number of nitrogens with one attached hydrogen (secondary N) is 1. The van der Waals surface area contributed by atoms with E-state index in [4.69, 9.17) is 4.74 Å². The fraction of sp³-hybridized carbons (Fsp3) is 0.294. The second-order valence-corrected chi connectivity index (χ2v) is 5.94. The van der Waals surface area contributed by atoms with Gasteiger partial charge in [-0.3, -0.25) is 9.89 Å². The van der Waals surface area contributed by atoms with Crippen molar-refractivity contribution in [2.45, 2.75) is 12.5 Å². The quantitative estimate of drug-likeness (QED) is 0.783. The Bertz CT molecular complexity index is 873. The van der Waals surface area contributed by atoms with E-state index in [0.717, 1.165) is 17.7 Å². The summed E-state index contributed by atoms with van der Waals surface area (Å²) in [5.41, 5.74) is 2.01. The molecular weight excluding hydrogens is 320 g/mol. The second kappa shape index (κ2) is 6.39. The summed E-state index contributed by atoms with van der Waals surface area (Å²) in [7, 11) is 1.62. The number of hydrogen-bond acceptors (Lipinski definition) is 5. The maximum absolute atomic E-state index is 12.7. The predicted molar refractivity (Wildman–Crippen MR) is 90.2 cm³/mol. The minimum Gasteiger partial charge on any atom is -0.496 e. The minimum absolute atomic E-state index is 0.0590. The number of methoxy groups -OCH3 is 1. The Morgan fingerprint density at radius 2 is 2.24 bits per heavy atom. The summed E-state index contributed by atoms with van der Waals surface area (Å²) >= 11 is 0. The molecule has 0 bridgehead atoms. The first-order valence-electron chi connectivity index (χ1n) is 8.10. The number of amides is 1. The lowest BCUT2D eigenvalue weighted by atomic mass is 10.1. The second-order valence-electron chi connectivity index (χ2n) is 5.94. The highest BCUT2D eigenvalue weighted by Crippen LogP contribution is 2.29. The first-order chi connectivity index (χ1) is 12.3. The van der Waals surface area contributed by atoms with E-state index in [1.807, 2.05) is 35.4 Å². The lowest BCUT2D eigenvalue weighted by Crippen LogP contribution is -2.29. The van der Waals surface area contributed by atoms with E-state index in [-0.39, 0.29) is 11.9 Å². The van der Waals surface area contributed by atoms with Crippen LogP contribution in [0.2, 0.25) is 0 Å². The third-order valence-electron chi connectivity index (χ3n) is 4.46. The van der Waals surface area contributed by atoms with Crippen LogP contribution in [0.5, 0.6) is 5.75 Å². The first-order valence-corrected chi connectivity index (χ1v) is 8.10. The molecule has 3 aromatic rings. The number of likely N-dealkylation sites (tertiary alicyclic amines) is 1. The van der Waals surface area contributed by atoms with Crippen molar-refractivity contribution in [3.05, 3.63) is 48.4 Å². The third-order valence-corrected chi connectivity index (χ3v) is 4.46. The van der Waals surface area contributed by atoms with Gasteiger partial charge in [0.15, 0.2) is 0 Å². The molecule has 1 atom stereocenters. The van der Waals surface area contributed by atoms with E-state index in [0.29, 0.717) is 24.5 Å². The number of hydrogen-bond donors (Lipinski definition) is 1. The average molecular weight is 338 g/mol. The Morgan fingerprint density at radius 3 is 3.04 bits per heavy atom. The first kappa shape index (κ1) is 15.4. The molecule has 2 aromatic heterocycles. The van der Waals surface area contributed by atoms with Gasteiger partial charge in [0.05, 0.1) is 25.0 Å². The highest BCUT2D eigenvalue weighted by Gasteiger charge is 2.29. The molecule has 1 aliphatic heterocycles. The molecule has 3 heterocycles. The number of benzene rings is 1. The average Bonchev–Trinajstić information content (AvgIpc) is 3.41. The van der Waals surface area contributed by atoms with Crippen molar-refractivity contribution in [2.24, 2.45) is 0 Å². The monoisotopic (exact) mass is 338 g/mol. The van der Waals surface area contributed by atoms with Crippen molar-refractivity contribution in [1.82, 2.24) is 30.1 Å². The fourth-order valence-corrected chi connectivity index (χ4v) is 3.15.